The highest BCUT2D eigenvalue weighted by Gasteiger charge is 2.30. The van der Waals surface area contributed by atoms with Crippen LogP contribution in [0.15, 0.2) is 46.9 Å². The van der Waals surface area contributed by atoms with Gasteiger partial charge in [-0.15, -0.1) is 0 Å². The first-order valence-corrected chi connectivity index (χ1v) is 7.07. The topological polar surface area (TPSA) is 51.2 Å². The summed E-state index contributed by atoms with van der Waals surface area (Å²) in [6, 6.07) is 8.38. The fraction of sp³-hybridized carbons (Fsp3) is 0.308. The molecule has 1 unspecified atom stereocenters. The van der Waals surface area contributed by atoms with Gasteiger partial charge in [0.15, 0.2) is 15.6 Å². The number of benzene rings is 1. The largest absolute Gasteiger partial charge is 0.295 e. The van der Waals surface area contributed by atoms with Gasteiger partial charge < -0.3 is 0 Å². The molecule has 2 rings (SSSR count). The number of hydrogen-bond donors (Lipinski definition) is 0. The number of ketones is 1. The number of Topliss-reactive ketones (excluding diaryl/α,β-unsaturated/α-hetero) is 1. The molecule has 0 heterocycles. The normalized spacial score (nSPS) is 20.1. The average molecular weight is 250 g/mol. The van der Waals surface area contributed by atoms with Gasteiger partial charge in [-0.1, -0.05) is 24.3 Å². The van der Waals surface area contributed by atoms with Gasteiger partial charge in [0.05, 0.1) is 10.1 Å². The number of hydrogen-bond acceptors (Lipinski definition) is 3. The predicted octanol–water partition coefficient (Wildman–Crippen LogP) is 2.14. The van der Waals surface area contributed by atoms with Crippen molar-refractivity contribution in [2.45, 2.75) is 29.9 Å². The van der Waals surface area contributed by atoms with Crippen LogP contribution in [0.5, 0.6) is 0 Å². The Hall–Kier alpha value is -1.42. The minimum atomic E-state index is -3.33. The zero-order chi connectivity index (χ0) is 12.5. The maximum atomic E-state index is 12.2. The summed E-state index contributed by atoms with van der Waals surface area (Å²) in [7, 11) is -3.33. The van der Waals surface area contributed by atoms with Crippen LogP contribution in [0.2, 0.25) is 0 Å². The fourth-order valence-corrected chi connectivity index (χ4v) is 3.67. The molecule has 0 N–H and O–H groups in total. The molecule has 3 nitrogen and oxygen atoms in total. The van der Waals surface area contributed by atoms with Crippen LogP contribution in [0.25, 0.3) is 0 Å². The van der Waals surface area contributed by atoms with Crippen LogP contribution in [0.3, 0.4) is 0 Å². The number of carbonyl (C=O) groups excluding carboxylic acids is 1. The van der Waals surface area contributed by atoms with Crippen LogP contribution in [0, 0.1) is 0 Å². The molecule has 90 valence electrons. The van der Waals surface area contributed by atoms with Crippen LogP contribution in [0.1, 0.15) is 19.8 Å². The monoisotopic (exact) mass is 250 g/mol. The lowest BCUT2D eigenvalue weighted by Gasteiger charge is -2.08. The second kappa shape index (κ2) is 4.45. The van der Waals surface area contributed by atoms with Crippen LogP contribution >= 0.6 is 0 Å². The molecule has 17 heavy (non-hydrogen) atoms. The van der Waals surface area contributed by atoms with Crippen molar-refractivity contribution in [2.24, 2.45) is 0 Å². The molecule has 1 aromatic carbocycles. The van der Waals surface area contributed by atoms with Gasteiger partial charge in [0.2, 0.25) is 0 Å². The number of allylic oxidation sites excluding steroid dienone is 1. The van der Waals surface area contributed by atoms with E-state index in [1.165, 1.54) is 6.92 Å². The van der Waals surface area contributed by atoms with Crippen molar-refractivity contribution in [3.05, 3.63) is 42.0 Å². The third-order valence-corrected chi connectivity index (χ3v) is 5.11. The smallest absolute Gasteiger partial charge is 0.184 e. The molecule has 0 amide bonds. The number of rotatable bonds is 3. The summed E-state index contributed by atoms with van der Waals surface area (Å²) in [5, 5.41) is -0.552. The van der Waals surface area contributed by atoms with Gasteiger partial charge in [0, 0.05) is 0 Å². The molecule has 1 aliphatic rings. The Bertz CT molecular complexity index is 556. The van der Waals surface area contributed by atoms with E-state index in [0.29, 0.717) is 23.3 Å². The number of sulfone groups is 1. The van der Waals surface area contributed by atoms with Crippen molar-refractivity contribution in [2.75, 3.05) is 0 Å². The molecule has 0 radical (unpaired) electrons. The first kappa shape index (κ1) is 12.0. The molecule has 1 aromatic rings. The predicted molar refractivity (Wildman–Crippen MR) is 65.4 cm³/mol. The molecule has 0 bridgehead atoms. The average Bonchev–Trinajstić information content (AvgIpc) is 2.80. The summed E-state index contributed by atoms with van der Waals surface area (Å²) < 4.78 is 24.5. The Morgan fingerprint density at radius 3 is 2.41 bits per heavy atom. The maximum Gasteiger partial charge on any atom is 0.184 e. The summed E-state index contributed by atoms with van der Waals surface area (Å²) in [6.45, 7) is 1.48. The Balaban J connectivity index is 2.34. The van der Waals surface area contributed by atoms with Gasteiger partial charge in [-0.3, -0.25) is 4.79 Å². The van der Waals surface area contributed by atoms with Crippen molar-refractivity contribution < 1.29 is 13.2 Å². The summed E-state index contributed by atoms with van der Waals surface area (Å²) in [6.07, 6.45) is 2.67. The Kier molecular flexibility index (Phi) is 3.15. The zero-order valence-corrected chi connectivity index (χ0v) is 10.4. The molecular weight excluding hydrogens is 236 g/mol. The van der Waals surface area contributed by atoms with Crippen molar-refractivity contribution >= 4 is 15.6 Å². The van der Waals surface area contributed by atoms with E-state index < -0.39 is 15.1 Å². The van der Waals surface area contributed by atoms with Crippen molar-refractivity contribution in [3.63, 3.8) is 0 Å². The van der Waals surface area contributed by atoms with E-state index >= 15 is 0 Å². The molecule has 1 aliphatic carbocycles. The van der Waals surface area contributed by atoms with Crippen LogP contribution in [-0.2, 0) is 14.6 Å². The third-order valence-electron chi connectivity index (χ3n) is 3.01. The highest BCUT2D eigenvalue weighted by atomic mass is 32.2. The van der Waals surface area contributed by atoms with Gasteiger partial charge in [-0.05, 0) is 37.5 Å². The SMILES string of the molecule is CC(=O)C1=CC(S(=O)(=O)c2ccccc2)CC1. The quantitative estimate of drug-likeness (QED) is 0.825. The summed E-state index contributed by atoms with van der Waals surface area (Å²) >= 11 is 0. The standard InChI is InChI=1S/C13H14O3S/c1-10(14)11-7-8-13(9-11)17(15,16)12-5-3-2-4-6-12/h2-6,9,13H,7-8H2,1H3. The first-order chi connectivity index (χ1) is 8.01. The molecule has 0 saturated heterocycles. The van der Waals surface area contributed by atoms with Crippen molar-refractivity contribution in [1.82, 2.24) is 0 Å². The van der Waals surface area contributed by atoms with Gasteiger partial charge in [-0.25, -0.2) is 8.42 Å². The molecule has 1 atom stereocenters. The highest BCUT2D eigenvalue weighted by molar-refractivity contribution is 7.92. The molecular formula is C13H14O3S. The Morgan fingerprint density at radius 2 is 1.88 bits per heavy atom. The Labute approximate surface area is 101 Å². The van der Waals surface area contributed by atoms with Crippen LogP contribution in [0.4, 0.5) is 0 Å². The molecule has 4 heteroatoms. The van der Waals surface area contributed by atoms with Crippen molar-refractivity contribution in [1.29, 1.82) is 0 Å². The fourth-order valence-electron chi connectivity index (χ4n) is 2.01. The molecule has 0 spiro atoms. The van der Waals surface area contributed by atoms with Gasteiger partial charge in [0.25, 0.3) is 0 Å². The molecule has 0 aromatic heterocycles. The molecule has 0 saturated carbocycles. The van der Waals surface area contributed by atoms with Gasteiger partial charge in [-0.2, -0.15) is 0 Å². The van der Waals surface area contributed by atoms with E-state index in [9.17, 15) is 13.2 Å². The van der Waals surface area contributed by atoms with Gasteiger partial charge in [0.1, 0.15) is 0 Å². The second-order valence-electron chi connectivity index (χ2n) is 4.18. The highest BCUT2D eigenvalue weighted by Crippen LogP contribution is 2.28. The lowest BCUT2D eigenvalue weighted by Crippen LogP contribution is -2.16. The van der Waals surface area contributed by atoms with E-state index in [-0.39, 0.29) is 5.78 Å². The van der Waals surface area contributed by atoms with E-state index in [1.807, 2.05) is 0 Å². The van der Waals surface area contributed by atoms with Crippen molar-refractivity contribution in [3.8, 4) is 0 Å². The zero-order valence-electron chi connectivity index (χ0n) is 9.59. The van der Waals surface area contributed by atoms with E-state index in [0.717, 1.165) is 0 Å². The summed E-state index contributed by atoms with van der Waals surface area (Å²) in [4.78, 5) is 11.5. The summed E-state index contributed by atoms with van der Waals surface area (Å²) in [5.74, 6) is -0.0317. The van der Waals surface area contributed by atoms with E-state index in [2.05, 4.69) is 0 Å². The third kappa shape index (κ3) is 2.31. The lowest BCUT2D eigenvalue weighted by atomic mass is 10.2. The lowest BCUT2D eigenvalue weighted by molar-refractivity contribution is -0.113. The van der Waals surface area contributed by atoms with Crippen LogP contribution < -0.4 is 0 Å². The Morgan fingerprint density at radius 1 is 1.24 bits per heavy atom. The first-order valence-electron chi connectivity index (χ1n) is 5.52. The molecule has 0 aliphatic heterocycles. The van der Waals surface area contributed by atoms with E-state index in [1.54, 1.807) is 36.4 Å². The molecule has 0 fully saturated rings. The van der Waals surface area contributed by atoms with Gasteiger partial charge >= 0.3 is 0 Å². The minimum Gasteiger partial charge on any atom is -0.295 e. The summed E-state index contributed by atoms with van der Waals surface area (Å²) in [5.41, 5.74) is 0.634. The van der Waals surface area contributed by atoms with E-state index in [4.69, 9.17) is 0 Å². The second-order valence-corrected chi connectivity index (χ2v) is 6.35. The maximum absolute atomic E-state index is 12.2. The minimum absolute atomic E-state index is 0.0317. The van der Waals surface area contributed by atoms with Crippen LogP contribution in [-0.4, -0.2) is 19.5 Å². The number of carbonyl (C=O) groups is 1.